The van der Waals surface area contributed by atoms with Crippen LogP contribution in [-0.4, -0.2) is 16.8 Å². The van der Waals surface area contributed by atoms with E-state index in [0.717, 1.165) is 5.56 Å². The van der Waals surface area contributed by atoms with Crippen LogP contribution in [0.15, 0.2) is 71.7 Å². The lowest BCUT2D eigenvalue weighted by atomic mass is 10.2. The molecule has 28 heavy (non-hydrogen) atoms. The van der Waals surface area contributed by atoms with Crippen LogP contribution in [0.4, 0.5) is 0 Å². The highest BCUT2D eigenvalue weighted by atomic mass is 35.5. The summed E-state index contributed by atoms with van der Waals surface area (Å²) in [5.74, 6) is -0.955. The first kappa shape index (κ1) is 19.2. The minimum Gasteiger partial charge on any atom is -0.488 e. The fourth-order valence-electron chi connectivity index (χ4n) is 2.37. The van der Waals surface area contributed by atoms with E-state index in [9.17, 15) is 14.4 Å². The molecule has 1 aromatic heterocycles. The van der Waals surface area contributed by atoms with Crippen LogP contribution < -0.4 is 21.1 Å². The summed E-state index contributed by atoms with van der Waals surface area (Å²) in [7, 11) is 0. The molecule has 2 aromatic carbocycles. The highest BCUT2D eigenvalue weighted by Crippen LogP contribution is 2.19. The number of benzene rings is 2. The molecular formula is C20H16ClN3O4. The van der Waals surface area contributed by atoms with E-state index < -0.39 is 17.4 Å². The van der Waals surface area contributed by atoms with Gasteiger partial charge in [-0.05, 0) is 42.0 Å². The summed E-state index contributed by atoms with van der Waals surface area (Å²) in [4.78, 5) is 38.5. The number of ether oxygens (including phenoxy) is 1. The number of hydrazine groups is 1. The van der Waals surface area contributed by atoms with Crippen molar-refractivity contribution in [1.82, 2.24) is 15.8 Å². The van der Waals surface area contributed by atoms with E-state index in [1.807, 2.05) is 12.1 Å². The molecule has 142 valence electrons. The van der Waals surface area contributed by atoms with Gasteiger partial charge in [-0.25, -0.2) is 0 Å². The molecule has 0 aliphatic heterocycles. The molecule has 1 heterocycles. The first-order chi connectivity index (χ1) is 13.5. The Morgan fingerprint density at radius 2 is 1.54 bits per heavy atom. The molecule has 0 atom stereocenters. The fourth-order valence-corrected chi connectivity index (χ4v) is 2.50. The fraction of sp³-hybridized carbons (Fsp3) is 0.0500. The molecule has 0 fully saturated rings. The van der Waals surface area contributed by atoms with Crippen molar-refractivity contribution in [2.75, 3.05) is 0 Å². The lowest BCUT2D eigenvalue weighted by Gasteiger charge is -2.12. The molecule has 3 rings (SSSR count). The maximum Gasteiger partial charge on any atom is 0.275 e. The van der Waals surface area contributed by atoms with E-state index in [1.165, 1.54) is 18.3 Å². The second kappa shape index (κ2) is 8.88. The normalized spacial score (nSPS) is 10.2. The summed E-state index contributed by atoms with van der Waals surface area (Å²) in [6.07, 6.45) is 1.41. The topological polar surface area (TPSA) is 100 Å². The van der Waals surface area contributed by atoms with Gasteiger partial charge in [-0.3, -0.25) is 25.2 Å². The van der Waals surface area contributed by atoms with E-state index in [1.54, 1.807) is 36.4 Å². The van der Waals surface area contributed by atoms with E-state index >= 15 is 0 Å². The van der Waals surface area contributed by atoms with Gasteiger partial charge < -0.3 is 9.72 Å². The van der Waals surface area contributed by atoms with Crippen molar-refractivity contribution in [3.8, 4) is 5.75 Å². The van der Waals surface area contributed by atoms with Crippen LogP contribution in [0.25, 0.3) is 0 Å². The Morgan fingerprint density at radius 3 is 2.25 bits per heavy atom. The Hall–Kier alpha value is -3.58. The van der Waals surface area contributed by atoms with Gasteiger partial charge in [-0.2, -0.15) is 0 Å². The van der Waals surface area contributed by atoms with Crippen molar-refractivity contribution in [3.63, 3.8) is 0 Å². The molecule has 0 aliphatic rings. The minimum absolute atomic E-state index is 0.116. The summed E-state index contributed by atoms with van der Waals surface area (Å²) in [6.45, 7) is 0.243. The van der Waals surface area contributed by atoms with Gasteiger partial charge in [0.05, 0.1) is 5.56 Å². The molecule has 0 saturated heterocycles. The van der Waals surface area contributed by atoms with Gasteiger partial charge in [0.25, 0.3) is 17.4 Å². The van der Waals surface area contributed by atoms with Crippen molar-refractivity contribution in [3.05, 3.63) is 98.9 Å². The first-order valence-corrected chi connectivity index (χ1v) is 8.67. The standard InChI is InChI=1S/C20H16ClN3O4/c21-14-9-7-13(8-10-14)12-28-17-6-2-1-4-15(17)19(26)23-24-20(27)16-5-3-11-22-18(16)25/h1-11H,12H2,(H,22,25)(H,23,26)(H,24,27). The SMILES string of the molecule is O=C(NNC(=O)c1ccc[nH]c1=O)c1ccccc1OCc1ccc(Cl)cc1. The van der Waals surface area contributed by atoms with Crippen molar-refractivity contribution in [1.29, 1.82) is 0 Å². The average Bonchev–Trinajstić information content (AvgIpc) is 2.72. The van der Waals surface area contributed by atoms with Gasteiger partial charge in [0.1, 0.15) is 17.9 Å². The number of carbonyl (C=O) groups is 2. The number of halogens is 1. The molecule has 0 saturated carbocycles. The Morgan fingerprint density at radius 1 is 0.893 bits per heavy atom. The van der Waals surface area contributed by atoms with Gasteiger partial charge in [-0.1, -0.05) is 35.9 Å². The number of aromatic nitrogens is 1. The zero-order valence-electron chi connectivity index (χ0n) is 14.6. The molecule has 2 amide bonds. The minimum atomic E-state index is -0.727. The molecule has 0 bridgehead atoms. The number of amides is 2. The number of para-hydroxylation sites is 1. The predicted molar refractivity (Wildman–Crippen MR) is 104 cm³/mol. The molecule has 0 aliphatic carbocycles. The van der Waals surface area contributed by atoms with Gasteiger partial charge in [0.2, 0.25) is 0 Å². The molecular weight excluding hydrogens is 382 g/mol. The smallest absolute Gasteiger partial charge is 0.275 e. The summed E-state index contributed by atoms with van der Waals surface area (Å²) in [5.41, 5.74) is 4.95. The quantitative estimate of drug-likeness (QED) is 0.576. The van der Waals surface area contributed by atoms with E-state index in [2.05, 4.69) is 15.8 Å². The molecule has 0 unspecified atom stereocenters. The molecule has 0 spiro atoms. The van der Waals surface area contributed by atoms with Gasteiger partial charge >= 0.3 is 0 Å². The second-order valence-corrected chi connectivity index (χ2v) is 6.17. The lowest BCUT2D eigenvalue weighted by Crippen LogP contribution is -2.43. The number of nitrogens with one attached hydrogen (secondary N) is 3. The number of H-pyrrole nitrogens is 1. The third-order valence-electron chi connectivity index (χ3n) is 3.79. The molecule has 3 N–H and O–H groups in total. The Labute approximate surface area is 165 Å². The summed E-state index contributed by atoms with van der Waals surface area (Å²) < 4.78 is 5.72. The maximum absolute atomic E-state index is 12.4. The number of aromatic amines is 1. The number of hydrogen-bond acceptors (Lipinski definition) is 4. The van der Waals surface area contributed by atoms with Gasteiger partial charge in [0.15, 0.2) is 0 Å². The van der Waals surface area contributed by atoms with Crippen molar-refractivity contribution >= 4 is 23.4 Å². The van der Waals surface area contributed by atoms with E-state index in [0.29, 0.717) is 10.8 Å². The van der Waals surface area contributed by atoms with Crippen LogP contribution in [0.3, 0.4) is 0 Å². The van der Waals surface area contributed by atoms with Crippen LogP contribution in [0.1, 0.15) is 26.3 Å². The molecule has 7 nitrogen and oxygen atoms in total. The number of carbonyl (C=O) groups excluding carboxylic acids is 2. The van der Waals surface area contributed by atoms with E-state index in [-0.39, 0.29) is 17.7 Å². The Bertz CT molecular complexity index is 1050. The van der Waals surface area contributed by atoms with Gasteiger partial charge in [0, 0.05) is 11.2 Å². The van der Waals surface area contributed by atoms with Crippen LogP contribution in [0, 0.1) is 0 Å². The summed E-state index contributed by atoms with van der Waals surface area (Å²) >= 11 is 5.86. The monoisotopic (exact) mass is 397 g/mol. The zero-order chi connectivity index (χ0) is 19.9. The van der Waals surface area contributed by atoms with Crippen molar-refractivity contribution < 1.29 is 14.3 Å². The molecule has 0 radical (unpaired) electrons. The average molecular weight is 398 g/mol. The highest BCUT2D eigenvalue weighted by Gasteiger charge is 2.15. The summed E-state index contributed by atoms with van der Waals surface area (Å²) in [6, 6.07) is 16.6. The second-order valence-electron chi connectivity index (χ2n) is 5.73. The van der Waals surface area contributed by atoms with Gasteiger partial charge in [-0.15, -0.1) is 0 Å². The first-order valence-electron chi connectivity index (χ1n) is 8.29. The zero-order valence-corrected chi connectivity index (χ0v) is 15.3. The number of rotatable bonds is 5. The van der Waals surface area contributed by atoms with Crippen LogP contribution in [0.5, 0.6) is 5.75 Å². The third-order valence-corrected chi connectivity index (χ3v) is 4.04. The molecule has 8 heteroatoms. The highest BCUT2D eigenvalue weighted by molar-refractivity contribution is 6.30. The van der Waals surface area contributed by atoms with Crippen molar-refractivity contribution in [2.24, 2.45) is 0 Å². The largest absolute Gasteiger partial charge is 0.488 e. The summed E-state index contributed by atoms with van der Waals surface area (Å²) in [5, 5.41) is 0.622. The van der Waals surface area contributed by atoms with Crippen LogP contribution in [0.2, 0.25) is 5.02 Å². The Balaban J connectivity index is 1.65. The van der Waals surface area contributed by atoms with Crippen LogP contribution >= 0.6 is 11.6 Å². The Kier molecular flexibility index (Phi) is 6.08. The third kappa shape index (κ3) is 4.77. The lowest BCUT2D eigenvalue weighted by molar-refractivity contribution is 0.0843. The molecule has 3 aromatic rings. The van der Waals surface area contributed by atoms with Crippen molar-refractivity contribution in [2.45, 2.75) is 6.61 Å². The predicted octanol–water partition coefficient (Wildman–Crippen LogP) is 2.68. The number of pyridine rings is 1. The number of hydrogen-bond donors (Lipinski definition) is 3. The maximum atomic E-state index is 12.4. The van der Waals surface area contributed by atoms with Crippen LogP contribution in [-0.2, 0) is 6.61 Å². The van der Waals surface area contributed by atoms with E-state index in [4.69, 9.17) is 16.3 Å².